The number of thiocarbonyl (C=S) groups is 1. The third kappa shape index (κ3) is 5.90. The van der Waals surface area contributed by atoms with Crippen molar-refractivity contribution in [3.8, 4) is 0 Å². The second-order valence-electron chi connectivity index (χ2n) is 7.43. The molecule has 0 unspecified atom stereocenters. The Balaban J connectivity index is 1.44. The van der Waals surface area contributed by atoms with Crippen LogP contribution in [0.3, 0.4) is 0 Å². The van der Waals surface area contributed by atoms with Crippen LogP contribution >= 0.6 is 12.2 Å². The molecule has 1 aliphatic heterocycles. The zero-order chi connectivity index (χ0) is 20.6. The molecule has 30 heavy (non-hydrogen) atoms. The highest BCUT2D eigenvalue weighted by Gasteiger charge is 2.17. The molecule has 2 aromatic rings. The van der Waals surface area contributed by atoms with Crippen LogP contribution in [-0.4, -0.2) is 52.4 Å². The van der Waals surface area contributed by atoms with Crippen molar-refractivity contribution in [1.29, 1.82) is 0 Å². The Labute approximate surface area is 182 Å². The fourth-order valence-electron chi connectivity index (χ4n) is 3.61. The van der Waals surface area contributed by atoms with Crippen molar-refractivity contribution in [3.63, 3.8) is 0 Å². The summed E-state index contributed by atoms with van der Waals surface area (Å²) in [6.45, 7) is 2.79. The molecule has 4 rings (SSSR count). The number of para-hydroxylation sites is 1. The van der Waals surface area contributed by atoms with Gasteiger partial charge in [0.05, 0.1) is 13.2 Å². The Bertz CT molecular complexity index is 825. The van der Waals surface area contributed by atoms with Gasteiger partial charge in [-0.3, -0.25) is 10.9 Å². The minimum absolute atomic E-state index is 0.401. The summed E-state index contributed by atoms with van der Waals surface area (Å²) < 4.78 is 5.45. The van der Waals surface area contributed by atoms with E-state index in [0.717, 1.165) is 31.6 Å². The second kappa shape index (κ2) is 10.4. The minimum Gasteiger partial charge on any atom is -0.378 e. The standard InChI is InChI=1S/C20H28N8OS/c30-20(22-16-9-5-2-6-10-16)27-26-18-23-17(21-15-7-3-1-4-8-15)24-19(25-18)28-11-13-29-14-12-28/h1,3-4,7-8,16H,2,5-6,9-14H2,(H2,22,27,30)(H2,21,23,24,25,26). The topological polar surface area (TPSA) is 99.3 Å². The first-order valence-electron chi connectivity index (χ1n) is 10.5. The van der Waals surface area contributed by atoms with Crippen LogP contribution in [0.15, 0.2) is 30.3 Å². The fourth-order valence-corrected chi connectivity index (χ4v) is 3.83. The van der Waals surface area contributed by atoms with Gasteiger partial charge in [-0.05, 0) is 37.2 Å². The molecule has 1 saturated carbocycles. The first-order chi connectivity index (χ1) is 14.8. The maximum Gasteiger partial charge on any atom is 0.248 e. The van der Waals surface area contributed by atoms with Crippen LogP contribution in [0, 0.1) is 0 Å². The van der Waals surface area contributed by atoms with Crippen molar-refractivity contribution >= 4 is 40.9 Å². The van der Waals surface area contributed by atoms with Crippen molar-refractivity contribution in [3.05, 3.63) is 30.3 Å². The molecular weight excluding hydrogens is 400 g/mol. The van der Waals surface area contributed by atoms with Gasteiger partial charge in [-0.1, -0.05) is 37.5 Å². The van der Waals surface area contributed by atoms with Gasteiger partial charge in [0.25, 0.3) is 0 Å². The van der Waals surface area contributed by atoms with Gasteiger partial charge < -0.3 is 20.3 Å². The summed E-state index contributed by atoms with van der Waals surface area (Å²) in [4.78, 5) is 15.7. The SMILES string of the molecule is S=C(NNc1nc(Nc2ccccc2)nc(N2CCOCC2)n1)NC1CCCCC1. The molecule has 1 aromatic heterocycles. The lowest BCUT2D eigenvalue weighted by Crippen LogP contribution is -2.45. The van der Waals surface area contributed by atoms with Crippen LogP contribution in [0.5, 0.6) is 0 Å². The highest BCUT2D eigenvalue weighted by atomic mass is 32.1. The van der Waals surface area contributed by atoms with Crippen molar-refractivity contribution in [2.24, 2.45) is 0 Å². The number of nitrogens with one attached hydrogen (secondary N) is 4. The van der Waals surface area contributed by atoms with E-state index in [4.69, 9.17) is 17.0 Å². The molecule has 9 nitrogen and oxygen atoms in total. The number of benzene rings is 1. The number of ether oxygens (including phenoxy) is 1. The van der Waals surface area contributed by atoms with E-state index >= 15 is 0 Å². The molecular formula is C20H28N8OS. The summed E-state index contributed by atoms with van der Waals surface area (Å²) in [5, 5.41) is 7.16. The highest BCUT2D eigenvalue weighted by molar-refractivity contribution is 7.80. The van der Waals surface area contributed by atoms with Crippen molar-refractivity contribution < 1.29 is 4.74 Å². The first-order valence-corrected chi connectivity index (χ1v) is 10.9. The van der Waals surface area contributed by atoms with E-state index in [1.165, 1.54) is 19.3 Å². The van der Waals surface area contributed by atoms with E-state index < -0.39 is 0 Å². The molecule has 1 aliphatic carbocycles. The normalized spacial score (nSPS) is 17.3. The molecule has 1 saturated heterocycles. The first kappa shape index (κ1) is 20.5. The monoisotopic (exact) mass is 428 g/mol. The smallest absolute Gasteiger partial charge is 0.248 e. The van der Waals surface area contributed by atoms with E-state index in [-0.39, 0.29) is 0 Å². The number of nitrogens with zero attached hydrogens (tertiary/aromatic N) is 4. The lowest BCUT2D eigenvalue weighted by atomic mass is 9.96. The van der Waals surface area contributed by atoms with E-state index in [0.29, 0.717) is 42.2 Å². The Morgan fingerprint density at radius 1 is 0.967 bits per heavy atom. The molecule has 0 amide bonds. The predicted octanol–water partition coefficient (Wildman–Crippen LogP) is 2.58. The fraction of sp³-hybridized carbons (Fsp3) is 0.500. The minimum atomic E-state index is 0.401. The molecule has 4 N–H and O–H groups in total. The zero-order valence-corrected chi connectivity index (χ0v) is 17.7. The van der Waals surface area contributed by atoms with Crippen molar-refractivity contribution in [2.45, 2.75) is 38.1 Å². The number of hydrogen-bond donors (Lipinski definition) is 4. The largest absolute Gasteiger partial charge is 0.378 e. The summed E-state index contributed by atoms with van der Waals surface area (Å²) in [5.74, 6) is 1.47. The Kier molecular flexibility index (Phi) is 7.09. The third-order valence-electron chi connectivity index (χ3n) is 5.18. The Morgan fingerprint density at radius 3 is 2.47 bits per heavy atom. The lowest BCUT2D eigenvalue weighted by Gasteiger charge is -2.27. The lowest BCUT2D eigenvalue weighted by molar-refractivity contribution is 0.122. The van der Waals surface area contributed by atoms with E-state index in [2.05, 4.69) is 41.3 Å². The number of anilines is 4. The molecule has 2 fully saturated rings. The average Bonchev–Trinajstić information content (AvgIpc) is 2.79. The second-order valence-corrected chi connectivity index (χ2v) is 7.84. The molecule has 0 radical (unpaired) electrons. The van der Waals surface area contributed by atoms with Crippen LogP contribution in [0.2, 0.25) is 0 Å². The summed E-state index contributed by atoms with van der Waals surface area (Å²) >= 11 is 5.43. The average molecular weight is 429 g/mol. The van der Waals surface area contributed by atoms with E-state index in [1.807, 2.05) is 30.3 Å². The van der Waals surface area contributed by atoms with Gasteiger partial charge >= 0.3 is 0 Å². The molecule has 0 spiro atoms. The third-order valence-corrected chi connectivity index (χ3v) is 5.40. The summed E-state index contributed by atoms with van der Waals surface area (Å²) in [7, 11) is 0. The van der Waals surface area contributed by atoms with Crippen LogP contribution in [0.25, 0.3) is 0 Å². The Hall–Kier alpha value is -2.72. The van der Waals surface area contributed by atoms with Crippen LogP contribution in [0.4, 0.5) is 23.5 Å². The molecule has 2 heterocycles. The molecule has 2 aliphatic rings. The van der Waals surface area contributed by atoms with E-state index in [1.54, 1.807) is 0 Å². The molecule has 160 valence electrons. The summed E-state index contributed by atoms with van der Waals surface area (Å²) in [6, 6.07) is 10.2. The van der Waals surface area contributed by atoms with Crippen LogP contribution in [-0.2, 0) is 4.74 Å². The van der Waals surface area contributed by atoms with Gasteiger partial charge in [-0.2, -0.15) is 15.0 Å². The van der Waals surface area contributed by atoms with Crippen molar-refractivity contribution in [1.82, 2.24) is 25.7 Å². The molecule has 1 aromatic carbocycles. The number of morpholine rings is 1. The van der Waals surface area contributed by atoms with Gasteiger partial charge in [0.2, 0.25) is 17.8 Å². The predicted molar refractivity (Wildman–Crippen MR) is 122 cm³/mol. The number of rotatable bonds is 6. The van der Waals surface area contributed by atoms with Gasteiger partial charge in [-0.25, -0.2) is 0 Å². The molecule has 0 atom stereocenters. The maximum absolute atomic E-state index is 5.45. The van der Waals surface area contributed by atoms with Crippen LogP contribution in [0.1, 0.15) is 32.1 Å². The number of aromatic nitrogens is 3. The van der Waals surface area contributed by atoms with Gasteiger partial charge in [0, 0.05) is 24.8 Å². The van der Waals surface area contributed by atoms with Crippen LogP contribution < -0.4 is 26.4 Å². The molecule has 10 heteroatoms. The summed E-state index contributed by atoms with van der Waals surface area (Å²) in [6.07, 6.45) is 6.11. The maximum atomic E-state index is 5.45. The Morgan fingerprint density at radius 2 is 1.70 bits per heavy atom. The van der Waals surface area contributed by atoms with Crippen molar-refractivity contribution in [2.75, 3.05) is 41.9 Å². The number of hydrazine groups is 1. The summed E-state index contributed by atoms with van der Waals surface area (Å²) in [5.41, 5.74) is 6.95. The van der Waals surface area contributed by atoms with E-state index in [9.17, 15) is 0 Å². The van der Waals surface area contributed by atoms with Gasteiger partial charge in [0.1, 0.15) is 0 Å². The molecule has 0 bridgehead atoms. The highest BCUT2D eigenvalue weighted by Crippen LogP contribution is 2.19. The quantitative estimate of drug-likeness (QED) is 0.406. The zero-order valence-electron chi connectivity index (χ0n) is 16.9. The number of hydrogen-bond acceptors (Lipinski definition) is 8. The van der Waals surface area contributed by atoms with Gasteiger partial charge in [-0.15, -0.1) is 0 Å². The van der Waals surface area contributed by atoms with Gasteiger partial charge in [0.15, 0.2) is 5.11 Å².